The second-order valence-electron chi connectivity index (χ2n) is 4.63. The van der Waals surface area contributed by atoms with E-state index in [2.05, 4.69) is 31.2 Å². The standard InChI is InChI=1S/C15H11BrN4O2/c1-20-11-5-3-2-4-10(11)18-13(15(20)22)14(21)19-12-7-6-9(16)8-17-12/h2-8H,1H3,(H,17,19,21). The number of hydrogen-bond acceptors (Lipinski definition) is 4. The fraction of sp³-hybridized carbons (Fsp3) is 0.0667. The third-order valence-corrected chi connectivity index (χ3v) is 3.64. The van der Waals surface area contributed by atoms with Crippen LogP contribution < -0.4 is 10.9 Å². The summed E-state index contributed by atoms with van der Waals surface area (Å²) >= 11 is 3.26. The quantitative estimate of drug-likeness (QED) is 0.762. The van der Waals surface area contributed by atoms with Crippen LogP contribution in [0.1, 0.15) is 10.5 Å². The van der Waals surface area contributed by atoms with Crippen molar-refractivity contribution in [1.82, 2.24) is 14.5 Å². The highest BCUT2D eigenvalue weighted by Gasteiger charge is 2.16. The summed E-state index contributed by atoms with van der Waals surface area (Å²) < 4.78 is 2.21. The molecule has 0 aliphatic rings. The lowest BCUT2D eigenvalue weighted by Gasteiger charge is -2.08. The Hall–Kier alpha value is -2.54. The number of aromatic nitrogens is 3. The highest BCUT2D eigenvalue weighted by molar-refractivity contribution is 9.10. The average Bonchev–Trinajstić information content (AvgIpc) is 2.53. The van der Waals surface area contributed by atoms with Crippen molar-refractivity contribution in [2.24, 2.45) is 7.05 Å². The van der Waals surface area contributed by atoms with Gasteiger partial charge in [0.2, 0.25) is 0 Å². The van der Waals surface area contributed by atoms with Gasteiger partial charge in [0.05, 0.1) is 11.0 Å². The van der Waals surface area contributed by atoms with Gasteiger partial charge in [-0.05, 0) is 40.2 Å². The van der Waals surface area contributed by atoms with Crippen LogP contribution in [-0.4, -0.2) is 20.4 Å². The summed E-state index contributed by atoms with van der Waals surface area (Å²) in [5, 5.41) is 2.57. The van der Waals surface area contributed by atoms with E-state index in [1.807, 2.05) is 6.07 Å². The Morgan fingerprint density at radius 2 is 2.00 bits per heavy atom. The van der Waals surface area contributed by atoms with Crippen LogP contribution in [0.2, 0.25) is 0 Å². The number of fused-ring (bicyclic) bond motifs is 1. The molecule has 110 valence electrons. The Labute approximate surface area is 134 Å². The minimum absolute atomic E-state index is 0.161. The number of carbonyl (C=O) groups is 1. The summed E-state index contributed by atoms with van der Waals surface area (Å²) in [6, 6.07) is 10.5. The van der Waals surface area contributed by atoms with Crippen molar-refractivity contribution in [2.45, 2.75) is 0 Å². The average molecular weight is 359 g/mol. The molecule has 0 bridgehead atoms. The summed E-state index contributed by atoms with van der Waals surface area (Å²) in [7, 11) is 1.61. The number of carbonyl (C=O) groups excluding carboxylic acids is 1. The molecular formula is C15H11BrN4O2. The van der Waals surface area contributed by atoms with E-state index in [0.29, 0.717) is 16.9 Å². The van der Waals surface area contributed by atoms with Crippen LogP contribution >= 0.6 is 15.9 Å². The Morgan fingerprint density at radius 1 is 1.23 bits per heavy atom. The third-order valence-electron chi connectivity index (χ3n) is 3.17. The highest BCUT2D eigenvalue weighted by Crippen LogP contribution is 2.12. The molecule has 0 atom stereocenters. The van der Waals surface area contributed by atoms with Crippen molar-refractivity contribution in [2.75, 3.05) is 5.32 Å². The van der Waals surface area contributed by atoms with Crippen LogP contribution in [0, 0.1) is 0 Å². The molecule has 2 heterocycles. The number of nitrogens with zero attached hydrogens (tertiary/aromatic N) is 3. The maximum absolute atomic E-state index is 12.3. The Bertz CT molecular complexity index is 919. The van der Waals surface area contributed by atoms with Crippen LogP contribution in [0.3, 0.4) is 0 Å². The summed E-state index contributed by atoms with van der Waals surface area (Å²) in [4.78, 5) is 32.8. The van der Waals surface area contributed by atoms with Crippen molar-refractivity contribution in [3.8, 4) is 0 Å². The minimum atomic E-state index is -0.582. The number of amides is 1. The molecule has 1 aromatic carbocycles. The summed E-state index contributed by atoms with van der Waals surface area (Å²) in [6.45, 7) is 0. The number of halogens is 1. The second-order valence-corrected chi connectivity index (χ2v) is 5.54. The van der Waals surface area contributed by atoms with Gasteiger partial charge in [-0.25, -0.2) is 9.97 Å². The third kappa shape index (κ3) is 2.62. The van der Waals surface area contributed by atoms with E-state index >= 15 is 0 Å². The van der Waals surface area contributed by atoms with Gasteiger partial charge in [0.15, 0.2) is 5.69 Å². The first-order chi connectivity index (χ1) is 10.6. The van der Waals surface area contributed by atoms with E-state index < -0.39 is 11.5 Å². The molecule has 3 aromatic rings. The Morgan fingerprint density at radius 3 is 2.73 bits per heavy atom. The predicted octanol–water partition coefficient (Wildman–Crippen LogP) is 2.34. The van der Waals surface area contributed by atoms with Gasteiger partial charge < -0.3 is 9.88 Å². The van der Waals surface area contributed by atoms with Gasteiger partial charge in [0.25, 0.3) is 11.5 Å². The molecule has 0 aliphatic carbocycles. The molecule has 0 saturated carbocycles. The van der Waals surface area contributed by atoms with Gasteiger partial charge in [0, 0.05) is 17.7 Å². The zero-order valence-electron chi connectivity index (χ0n) is 11.6. The number of benzene rings is 1. The van der Waals surface area contributed by atoms with Gasteiger partial charge in [0.1, 0.15) is 5.82 Å². The van der Waals surface area contributed by atoms with Crippen LogP contribution in [0.25, 0.3) is 11.0 Å². The molecule has 0 radical (unpaired) electrons. The predicted molar refractivity (Wildman–Crippen MR) is 86.9 cm³/mol. The lowest BCUT2D eigenvalue weighted by Crippen LogP contribution is -2.30. The number of aryl methyl sites for hydroxylation is 1. The fourth-order valence-corrected chi connectivity index (χ4v) is 2.29. The van der Waals surface area contributed by atoms with E-state index in [-0.39, 0.29) is 5.69 Å². The van der Waals surface area contributed by atoms with E-state index in [9.17, 15) is 9.59 Å². The number of nitrogens with one attached hydrogen (secondary N) is 1. The van der Waals surface area contributed by atoms with Gasteiger partial charge >= 0.3 is 0 Å². The first-order valence-corrected chi connectivity index (χ1v) is 7.24. The molecule has 0 fully saturated rings. The Kier molecular flexibility index (Phi) is 3.72. The normalized spacial score (nSPS) is 10.6. The monoisotopic (exact) mass is 358 g/mol. The maximum atomic E-state index is 12.3. The van der Waals surface area contributed by atoms with Crippen molar-refractivity contribution >= 4 is 38.7 Å². The van der Waals surface area contributed by atoms with E-state index in [1.54, 1.807) is 43.6 Å². The van der Waals surface area contributed by atoms with Gasteiger partial charge in [-0.15, -0.1) is 0 Å². The molecule has 3 rings (SSSR count). The fourth-order valence-electron chi connectivity index (χ4n) is 2.05. The molecule has 2 aromatic heterocycles. The van der Waals surface area contributed by atoms with Crippen LogP contribution in [0.4, 0.5) is 5.82 Å². The van der Waals surface area contributed by atoms with Crippen molar-refractivity contribution < 1.29 is 4.79 Å². The molecule has 0 saturated heterocycles. The topological polar surface area (TPSA) is 76.9 Å². The Balaban J connectivity index is 2.02. The smallest absolute Gasteiger partial charge is 0.282 e. The molecule has 22 heavy (non-hydrogen) atoms. The van der Waals surface area contributed by atoms with Crippen LogP contribution in [-0.2, 0) is 7.05 Å². The van der Waals surface area contributed by atoms with E-state index in [1.165, 1.54) is 4.57 Å². The summed E-state index contributed by atoms with van der Waals surface area (Å²) in [6.07, 6.45) is 1.56. The van der Waals surface area contributed by atoms with Crippen molar-refractivity contribution in [3.05, 3.63) is 63.1 Å². The molecule has 0 spiro atoms. The first kappa shape index (κ1) is 14.4. The number of anilines is 1. The highest BCUT2D eigenvalue weighted by atomic mass is 79.9. The maximum Gasteiger partial charge on any atom is 0.282 e. The first-order valence-electron chi connectivity index (χ1n) is 6.45. The second kappa shape index (κ2) is 5.69. The number of para-hydroxylation sites is 2. The zero-order valence-corrected chi connectivity index (χ0v) is 13.2. The summed E-state index contributed by atoms with van der Waals surface area (Å²) in [5.41, 5.74) is 0.642. The molecular weight excluding hydrogens is 348 g/mol. The van der Waals surface area contributed by atoms with Crippen molar-refractivity contribution in [1.29, 1.82) is 0 Å². The largest absolute Gasteiger partial charge is 0.308 e. The lowest BCUT2D eigenvalue weighted by atomic mass is 10.2. The SMILES string of the molecule is Cn1c(=O)c(C(=O)Nc2ccc(Br)cn2)nc2ccccc21. The number of rotatable bonds is 2. The van der Waals surface area contributed by atoms with Gasteiger partial charge in [-0.3, -0.25) is 9.59 Å². The van der Waals surface area contributed by atoms with Crippen LogP contribution in [0.15, 0.2) is 51.9 Å². The van der Waals surface area contributed by atoms with E-state index in [4.69, 9.17) is 0 Å². The molecule has 6 nitrogen and oxygen atoms in total. The number of hydrogen-bond donors (Lipinski definition) is 1. The van der Waals surface area contributed by atoms with Gasteiger partial charge in [-0.2, -0.15) is 0 Å². The molecule has 0 unspecified atom stereocenters. The summed E-state index contributed by atoms with van der Waals surface area (Å²) in [5.74, 6) is -0.230. The van der Waals surface area contributed by atoms with Gasteiger partial charge in [-0.1, -0.05) is 12.1 Å². The zero-order chi connectivity index (χ0) is 15.7. The number of pyridine rings is 1. The molecule has 0 aliphatic heterocycles. The van der Waals surface area contributed by atoms with E-state index in [0.717, 1.165) is 4.47 Å². The van der Waals surface area contributed by atoms with Crippen molar-refractivity contribution in [3.63, 3.8) is 0 Å². The molecule has 1 amide bonds. The lowest BCUT2D eigenvalue weighted by molar-refractivity contribution is 0.102. The minimum Gasteiger partial charge on any atom is -0.308 e. The molecule has 1 N–H and O–H groups in total. The molecule has 7 heteroatoms. The van der Waals surface area contributed by atoms with Crippen LogP contribution in [0.5, 0.6) is 0 Å².